The summed E-state index contributed by atoms with van der Waals surface area (Å²) in [6.45, 7) is 4.65. The number of carbonyl (C=O) groups is 1. The fourth-order valence-corrected chi connectivity index (χ4v) is 4.98. The number of aryl methyl sites for hydroxylation is 1. The van der Waals surface area contributed by atoms with E-state index >= 15 is 0 Å². The number of aromatic nitrogens is 1. The predicted molar refractivity (Wildman–Crippen MR) is 128 cm³/mol. The highest BCUT2D eigenvalue weighted by molar-refractivity contribution is 9.10. The number of rotatable bonds is 4. The van der Waals surface area contributed by atoms with Crippen molar-refractivity contribution in [1.29, 1.82) is 0 Å². The van der Waals surface area contributed by atoms with Gasteiger partial charge in [0.05, 0.1) is 11.4 Å². The maximum Gasteiger partial charge on any atom is 0.266 e. The van der Waals surface area contributed by atoms with E-state index in [4.69, 9.17) is 12.2 Å². The first-order chi connectivity index (χ1) is 13.9. The number of hydrogen-bond acceptors (Lipinski definition) is 3. The maximum absolute atomic E-state index is 13.0. The SMILES string of the molecule is Cc1cc(/C=C2/SC(=S)N(Cc3ccccc3)C2=O)c(C)n1-c1ccc(Br)cc1. The smallest absolute Gasteiger partial charge is 0.266 e. The van der Waals surface area contributed by atoms with Crippen molar-refractivity contribution >= 4 is 56.2 Å². The average Bonchev–Trinajstić information content (AvgIpc) is 3.13. The lowest BCUT2D eigenvalue weighted by Crippen LogP contribution is -2.27. The van der Waals surface area contributed by atoms with Crippen LogP contribution in [0.15, 0.2) is 70.0 Å². The highest BCUT2D eigenvalue weighted by atomic mass is 79.9. The third-order valence-corrected chi connectivity index (χ3v) is 6.81. The van der Waals surface area contributed by atoms with Gasteiger partial charge in [-0.25, -0.2) is 0 Å². The molecule has 1 aromatic heterocycles. The van der Waals surface area contributed by atoms with Gasteiger partial charge in [-0.3, -0.25) is 9.69 Å². The van der Waals surface area contributed by atoms with Crippen LogP contribution in [0.2, 0.25) is 0 Å². The van der Waals surface area contributed by atoms with Crippen LogP contribution in [-0.4, -0.2) is 19.7 Å². The Balaban J connectivity index is 1.63. The first kappa shape index (κ1) is 20.1. The molecule has 0 atom stereocenters. The maximum atomic E-state index is 13.0. The van der Waals surface area contributed by atoms with Gasteiger partial charge in [0.2, 0.25) is 0 Å². The molecule has 0 spiro atoms. The van der Waals surface area contributed by atoms with Crippen LogP contribution < -0.4 is 0 Å². The van der Waals surface area contributed by atoms with E-state index < -0.39 is 0 Å². The van der Waals surface area contributed by atoms with Crippen molar-refractivity contribution in [3.05, 3.63) is 92.6 Å². The number of amides is 1. The molecule has 0 unspecified atom stereocenters. The Morgan fingerprint density at radius 2 is 1.76 bits per heavy atom. The van der Waals surface area contributed by atoms with Crippen molar-refractivity contribution in [3.63, 3.8) is 0 Å². The Morgan fingerprint density at radius 1 is 1.07 bits per heavy atom. The lowest BCUT2D eigenvalue weighted by Gasteiger charge is -2.14. The Bertz CT molecular complexity index is 1120. The molecule has 0 bridgehead atoms. The van der Waals surface area contributed by atoms with Gasteiger partial charge >= 0.3 is 0 Å². The molecule has 0 N–H and O–H groups in total. The van der Waals surface area contributed by atoms with Gasteiger partial charge in [-0.05, 0) is 61.4 Å². The highest BCUT2D eigenvalue weighted by Gasteiger charge is 2.32. The highest BCUT2D eigenvalue weighted by Crippen LogP contribution is 2.35. The third kappa shape index (κ3) is 4.10. The molecule has 3 aromatic rings. The van der Waals surface area contributed by atoms with E-state index in [1.165, 1.54) is 11.8 Å². The monoisotopic (exact) mass is 482 g/mol. The molecule has 1 aliphatic rings. The summed E-state index contributed by atoms with van der Waals surface area (Å²) >= 11 is 10.3. The largest absolute Gasteiger partial charge is 0.318 e. The van der Waals surface area contributed by atoms with E-state index in [0.29, 0.717) is 15.8 Å². The minimum atomic E-state index is -0.0303. The summed E-state index contributed by atoms with van der Waals surface area (Å²) in [5, 5.41) is 0. The molecule has 6 heteroatoms. The van der Waals surface area contributed by atoms with Crippen LogP contribution in [0, 0.1) is 13.8 Å². The summed E-state index contributed by atoms with van der Waals surface area (Å²) in [6.07, 6.45) is 1.96. The van der Waals surface area contributed by atoms with Crippen molar-refractivity contribution in [3.8, 4) is 5.69 Å². The molecule has 2 heterocycles. The van der Waals surface area contributed by atoms with Crippen LogP contribution in [0.5, 0.6) is 0 Å². The number of nitrogens with zero attached hydrogens (tertiary/aromatic N) is 2. The van der Waals surface area contributed by atoms with Crippen LogP contribution in [-0.2, 0) is 11.3 Å². The first-order valence-corrected chi connectivity index (χ1v) is 11.2. The predicted octanol–water partition coefficient (Wildman–Crippen LogP) is 6.26. The number of thioether (sulfide) groups is 1. The van der Waals surface area contributed by atoms with Gasteiger partial charge in [-0.2, -0.15) is 0 Å². The molecule has 2 aromatic carbocycles. The topological polar surface area (TPSA) is 25.2 Å². The standard InChI is InChI=1S/C23H19BrN2OS2/c1-15-12-18(16(2)26(15)20-10-8-19(24)9-11-20)13-21-22(27)25(23(28)29-21)14-17-6-4-3-5-7-17/h3-13H,14H2,1-2H3/b21-13+. The number of benzene rings is 2. The molecule has 1 saturated heterocycles. The Morgan fingerprint density at radius 3 is 2.45 bits per heavy atom. The summed E-state index contributed by atoms with van der Waals surface area (Å²) in [7, 11) is 0. The lowest BCUT2D eigenvalue weighted by molar-refractivity contribution is -0.122. The van der Waals surface area contributed by atoms with Crippen LogP contribution in [0.4, 0.5) is 0 Å². The zero-order chi connectivity index (χ0) is 20.5. The molecule has 0 aliphatic carbocycles. The zero-order valence-electron chi connectivity index (χ0n) is 16.1. The molecule has 0 saturated carbocycles. The van der Waals surface area contributed by atoms with E-state index in [2.05, 4.69) is 52.5 Å². The van der Waals surface area contributed by atoms with E-state index in [0.717, 1.165) is 32.7 Å². The fourth-order valence-electron chi connectivity index (χ4n) is 3.46. The van der Waals surface area contributed by atoms with Crippen LogP contribution in [0.1, 0.15) is 22.5 Å². The normalized spacial score (nSPS) is 15.6. The van der Waals surface area contributed by atoms with Crippen molar-refractivity contribution in [1.82, 2.24) is 9.47 Å². The van der Waals surface area contributed by atoms with Gasteiger partial charge in [0.1, 0.15) is 4.32 Å². The second-order valence-corrected chi connectivity index (χ2v) is 9.48. The third-order valence-electron chi connectivity index (χ3n) is 4.90. The van der Waals surface area contributed by atoms with E-state index in [1.807, 2.05) is 48.5 Å². The van der Waals surface area contributed by atoms with Gasteiger partial charge in [-0.15, -0.1) is 0 Å². The van der Waals surface area contributed by atoms with Gasteiger partial charge in [-0.1, -0.05) is 70.2 Å². The molecule has 4 rings (SSSR count). The zero-order valence-corrected chi connectivity index (χ0v) is 19.3. The summed E-state index contributed by atoms with van der Waals surface area (Å²) in [5.41, 5.74) is 5.41. The quantitative estimate of drug-likeness (QED) is 0.324. The summed E-state index contributed by atoms with van der Waals surface area (Å²) in [4.78, 5) is 15.3. The molecule has 1 fully saturated rings. The summed E-state index contributed by atoms with van der Waals surface area (Å²) < 4.78 is 3.85. The minimum Gasteiger partial charge on any atom is -0.318 e. The molecule has 146 valence electrons. The molecule has 29 heavy (non-hydrogen) atoms. The number of halogens is 1. The van der Waals surface area contributed by atoms with Crippen LogP contribution in [0.25, 0.3) is 11.8 Å². The van der Waals surface area contributed by atoms with Crippen LogP contribution in [0.3, 0.4) is 0 Å². The fraction of sp³-hybridized carbons (Fsp3) is 0.130. The second kappa shape index (κ2) is 8.30. The van der Waals surface area contributed by atoms with Crippen molar-refractivity contribution in [2.75, 3.05) is 0 Å². The van der Waals surface area contributed by atoms with Gasteiger partial charge in [0.15, 0.2) is 0 Å². The first-order valence-electron chi connectivity index (χ1n) is 9.18. The summed E-state index contributed by atoms with van der Waals surface area (Å²) in [5.74, 6) is -0.0303. The number of carbonyl (C=O) groups excluding carboxylic acids is 1. The van der Waals surface area contributed by atoms with Crippen molar-refractivity contribution < 1.29 is 4.79 Å². The van der Waals surface area contributed by atoms with Crippen molar-refractivity contribution in [2.24, 2.45) is 0 Å². The molecule has 3 nitrogen and oxygen atoms in total. The van der Waals surface area contributed by atoms with Crippen molar-refractivity contribution in [2.45, 2.75) is 20.4 Å². The van der Waals surface area contributed by atoms with Crippen LogP contribution >= 0.6 is 39.9 Å². The number of thiocarbonyl (C=S) groups is 1. The second-order valence-electron chi connectivity index (χ2n) is 6.89. The van der Waals surface area contributed by atoms with Gasteiger partial charge < -0.3 is 4.57 Å². The Labute approximate surface area is 188 Å². The minimum absolute atomic E-state index is 0.0303. The Hall–Kier alpha value is -2.15. The average molecular weight is 483 g/mol. The molecule has 1 aliphatic heterocycles. The van der Waals surface area contributed by atoms with E-state index in [1.54, 1.807) is 4.90 Å². The molecule has 1 amide bonds. The number of hydrogen-bond donors (Lipinski definition) is 0. The summed E-state index contributed by atoms with van der Waals surface area (Å²) in [6, 6.07) is 20.3. The van der Waals surface area contributed by atoms with E-state index in [-0.39, 0.29) is 5.91 Å². The van der Waals surface area contributed by atoms with Gasteiger partial charge in [0.25, 0.3) is 5.91 Å². The Kier molecular flexibility index (Phi) is 5.76. The molecular formula is C23H19BrN2OS2. The van der Waals surface area contributed by atoms with E-state index in [9.17, 15) is 4.79 Å². The molecule has 0 radical (unpaired) electrons. The molecular weight excluding hydrogens is 464 g/mol. The lowest BCUT2D eigenvalue weighted by atomic mass is 10.2. The van der Waals surface area contributed by atoms with Gasteiger partial charge in [0, 0.05) is 21.5 Å².